The molecule has 3 N–H and O–H groups in total. The maximum atomic E-state index is 8.83. The van der Waals surface area contributed by atoms with E-state index in [2.05, 4.69) is 10.4 Å². The van der Waals surface area contributed by atoms with Gasteiger partial charge in [-0.1, -0.05) is 23.1 Å². The lowest BCUT2D eigenvalue weighted by molar-refractivity contribution is 0.138. The Morgan fingerprint density at radius 3 is 3.00 bits per heavy atom. The van der Waals surface area contributed by atoms with Crippen molar-refractivity contribution in [1.29, 1.82) is 5.41 Å². The molecular weight excluding hydrogens is 164 g/mol. The molecule has 0 bridgehead atoms. The van der Waals surface area contributed by atoms with Crippen molar-refractivity contribution in [3.63, 3.8) is 0 Å². The molecule has 0 spiro atoms. The van der Waals surface area contributed by atoms with Crippen LogP contribution >= 0.6 is 11.3 Å². The van der Waals surface area contributed by atoms with E-state index in [-0.39, 0.29) is 4.80 Å². The molecule has 62 valence electrons. The summed E-state index contributed by atoms with van der Waals surface area (Å²) in [4.78, 5) is 0.589. The van der Waals surface area contributed by atoms with Gasteiger partial charge in [-0.2, -0.15) is 0 Å². The first-order valence-corrected chi connectivity index (χ1v) is 4.13. The highest BCUT2D eigenvalue weighted by molar-refractivity contribution is 7.12. The maximum Gasteiger partial charge on any atom is 0.241 e. The molecule has 0 fully saturated rings. The lowest BCUT2D eigenvalue weighted by Gasteiger charge is -1.94. The molecular formula is C5H10N4OS. The zero-order valence-corrected chi connectivity index (χ0v) is 6.98. The van der Waals surface area contributed by atoms with Gasteiger partial charge in [0.15, 0.2) is 0 Å². The molecule has 1 aromatic heterocycles. The molecule has 0 radical (unpaired) electrons. The van der Waals surface area contributed by atoms with E-state index in [4.69, 9.17) is 10.6 Å². The molecule has 0 atom stereocenters. The maximum absolute atomic E-state index is 8.83. The predicted octanol–water partition coefficient (Wildman–Crippen LogP) is 0.483. The minimum atomic E-state index is 0.0311. The first-order chi connectivity index (χ1) is 5.24. The van der Waals surface area contributed by atoms with Crippen molar-refractivity contribution < 1.29 is 5.21 Å². The van der Waals surface area contributed by atoms with Crippen molar-refractivity contribution in [3.8, 4) is 0 Å². The van der Waals surface area contributed by atoms with E-state index in [0.717, 1.165) is 24.3 Å². The summed E-state index contributed by atoms with van der Waals surface area (Å²) in [6, 6.07) is 0. The van der Waals surface area contributed by atoms with Gasteiger partial charge >= 0.3 is 0 Å². The van der Waals surface area contributed by atoms with Crippen LogP contribution in [-0.2, 0) is 0 Å². The Balaban J connectivity index is 2.65. The summed E-state index contributed by atoms with van der Waals surface area (Å²) in [5, 5.41) is 23.1. The van der Waals surface area contributed by atoms with Crippen molar-refractivity contribution >= 4 is 16.5 Å². The van der Waals surface area contributed by atoms with Crippen LogP contribution in [0.25, 0.3) is 0 Å². The molecule has 1 heterocycles. The average Bonchev–Trinajstić information content (AvgIpc) is 2.28. The quantitative estimate of drug-likeness (QED) is 0.583. The van der Waals surface area contributed by atoms with E-state index in [1.807, 2.05) is 6.92 Å². The van der Waals surface area contributed by atoms with Gasteiger partial charge in [-0.25, -0.2) is 0 Å². The summed E-state index contributed by atoms with van der Waals surface area (Å²) < 4.78 is 0. The number of anilines is 1. The van der Waals surface area contributed by atoms with Crippen LogP contribution in [0.1, 0.15) is 13.3 Å². The fourth-order valence-corrected chi connectivity index (χ4v) is 1.19. The summed E-state index contributed by atoms with van der Waals surface area (Å²) in [5.41, 5.74) is 0. The number of aromatic nitrogens is 2. The monoisotopic (exact) mass is 174 g/mol. The molecule has 1 aromatic rings. The Hall–Kier alpha value is -1.04. The summed E-state index contributed by atoms with van der Waals surface area (Å²) >= 11 is 1.11. The van der Waals surface area contributed by atoms with Gasteiger partial charge in [0.25, 0.3) is 0 Å². The minimum Gasteiger partial charge on any atom is -0.409 e. The number of nitrogens with zero attached hydrogens (tertiary/aromatic N) is 2. The van der Waals surface area contributed by atoms with Crippen LogP contribution in [-0.4, -0.2) is 21.7 Å². The van der Waals surface area contributed by atoms with E-state index >= 15 is 0 Å². The van der Waals surface area contributed by atoms with E-state index in [9.17, 15) is 0 Å². The number of hydrogen-bond acceptors (Lipinski definition) is 5. The van der Waals surface area contributed by atoms with E-state index in [1.165, 1.54) is 0 Å². The molecule has 0 unspecified atom stereocenters. The van der Waals surface area contributed by atoms with Crippen LogP contribution in [0.15, 0.2) is 0 Å². The highest BCUT2D eigenvalue weighted by Crippen LogP contribution is 2.03. The van der Waals surface area contributed by atoms with E-state index < -0.39 is 0 Å². The fraction of sp³-hybridized carbons (Fsp3) is 0.600. The lowest BCUT2D eigenvalue weighted by Crippen LogP contribution is -2.10. The Bertz CT molecular complexity index is 278. The topological polar surface area (TPSA) is 73.9 Å². The zero-order valence-electron chi connectivity index (χ0n) is 6.16. The third-order valence-corrected chi connectivity index (χ3v) is 1.86. The van der Waals surface area contributed by atoms with Crippen LogP contribution in [0.5, 0.6) is 0 Å². The summed E-state index contributed by atoms with van der Waals surface area (Å²) in [6.45, 7) is 2.85. The van der Waals surface area contributed by atoms with Crippen molar-refractivity contribution in [2.75, 3.05) is 11.9 Å². The van der Waals surface area contributed by atoms with Crippen LogP contribution in [0, 0.1) is 5.41 Å². The minimum absolute atomic E-state index is 0.0311. The van der Waals surface area contributed by atoms with Gasteiger partial charge in [0.1, 0.15) is 0 Å². The second-order valence-electron chi connectivity index (χ2n) is 2.03. The van der Waals surface area contributed by atoms with Crippen LogP contribution in [0.2, 0.25) is 0 Å². The van der Waals surface area contributed by atoms with Gasteiger partial charge < -0.3 is 10.5 Å². The Labute approximate surface area is 67.8 Å². The van der Waals surface area contributed by atoms with Crippen LogP contribution in [0.4, 0.5) is 5.13 Å². The van der Waals surface area contributed by atoms with E-state index in [1.54, 1.807) is 0 Å². The Morgan fingerprint density at radius 2 is 2.55 bits per heavy atom. The highest BCUT2D eigenvalue weighted by atomic mass is 32.1. The van der Waals surface area contributed by atoms with Crippen LogP contribution in [0.3, 0.4) is 0 Å². The standard InChI is InChI=1S/C5H10N4OS/c1-2-3-7-5-8-9(10)4(6)11-5/h6,10H,2-3H2,1H3,(H,7,8). The SMILES string of the molecule is CCCNc1nn(O)c(=N)s1. The second kappa shape index (κ2) is 3.38. The first kappa shape index (κ1) is 8.06. The normalized spacial score (nSPS) is 9.91. The Kier molecular flexibility index (Phi) is 2.48. The van der Waals surface area contributed by atoms with Gasteiger partial charge in [0.05, 0.1) is 0 Å². The van der Waals surface area contributed by atoms with Gasteiger partial charge in [0.2, 0.25) is 9.93 Å². The average molecular weight is 174 g/mol. The fourth-order valence-electron chi connectivity index (χ4n) is 0.588. The highest BCUT2D eigenvalue weighted by Gasteiger charge is 1.98. The summed E-state index contributed by atoms with van der Waals surface area (Å²) in [7, 11) is 0. The lowest BCUT2D eigenvalue weighted by atomic mass is 10.5. The van der Waals surface area contributed by atoms with Gasteiger partial charge in [-0.05, 0) is 6.42 Å². The van der Waals surface area contributed by atoms with Crippen molar-refractivity contribution in [3.05, 3.63) is 4.80 Å². The summed E-state index contributed by atoms with van der Waals surface area (Å²) in [5.74, 6) is 0. The number of rotatable bonds is 3. The molecule has 0 saturated carbocycles. The Morgan fingerprint density at radius 1 is 1.82 bits per heavy atom. The third kappa shape index (κ3) is 1.94. The van der Waals surface area contributed by atoms with Crippen LogP contribution < -0.4 is 10.1 Å². The second-order valence-corrected chi connectivity index (χ2v) is 3.01. The third-order valence-electron chi connectivity index (χ3n) is 1.09. The van der Waals surface area contributed by atoms with E-state index in [0.29, 0.717) is 9.98 Å². The molecule has 1 rings (SSSR count). The molecule has 0 aliphatic carbocycles. The van der Waals surface area contributed by atoms with Crippen molar-refractivity contribution in [2.24, 2.45) is 0 Å². The van der Waals surface area contributed by atoms with Gasteiger partial charge in [0, 0.05) is 6.54 Å². The van der Waals surface area contributed by atoms with Gasteiger partial charge in [-0.15, -0.1) is 5.10 Å². The molecule has 11 heavy (non-hydrogen) atoms. The molecule has 0 amide bonds. The molecule has 0 aliphatic heterocycles. The smallest absolute Gasteiger partial charge is 0.241 e. The number of hydrogen-bond donors (Lipinski definition) is 3. The first-order valence-electron chi connectivity index (χ1n) is 3.32. The molecule has 0 aliphatic rings. The predicted molar refractivity (Wildman–Crippen MR) is 41.9 cm³/mol. The summed E-state index contributed by atoms with van der Waals surface area (Å²) in [6.07, 6.45) is 0.998. The molecule has 6 heteroatoms. The van der Waals surface area contributed by atoms with Crippen molar-refractivity contribution in [2.45, 2.75) is 13.3 Å². The zero-order chi connectivity index (χ0) is 8.27. The molecule has 0 saturated heterocycles. The largest absolute Gasteiger partial charge is 0.409 e. The van der Waals surface area contributed by atoms with Crippen molar-refractivity contribution in [1.82, 2.24) is 9.94 Å². The molecule has 0 aromatic carbocycles. The van der Waals surface area contributed by atoms with Gasteiger partial charge in [-0.3, -0.25) is 5.41 Å². The molecule has 5 nitrogen and oxygen atoms in total. The number of nitrogens with one attached hydrogen (secondary N) is 2.